The zero-order valence-corrected chi connectivity index (χ0v) is 20.4. The smallest absolute Gasteiger partial charge is 0.243 e. The van der Waals surface area contributed by atoms with Gasteiger partial charge in [0, 0.05) is 12.1 Å². The predicted molar refractivity (Wildman–Crippen MR) is 139 cm³/mol. The molecule has 0 saturated heterocycles. The van der Waals surface area contributed by atoms with Gasteiger partial charge in [0.25, 0.3) is 0 Å². The van der Waals surface area contributed by atoms with Crippen molar-refractivity contribution in [2.45, 2.75) is 75.5 Å². The SMILES string of the molecule is [B]C(=O)N[C@H](CSc1cccc2ccccc12)C(=O)N[C@@H](CC)[C@H](O)CC1CCCCC1C.[HH]. The third-order valence-corrected chi connectivity index (χ3v) is 8.02. The molecule has 5 atom stereocenters. The number of carbonyl (C=O) groups excluding carboxylic acids is 2. The van der Waals surface area contributed by atoms with Crippen LogP contribution < -0.4 is 10.6 Å². The van der Waals surface area contributed by atoms with Crippen LogP contribution in [-0.4, -0.2) is 48.6 Å². The molecule has 0 heterocycles. The van der Waals surface area contributed by atoms with E-state index in [9.17, 15) is 14.7 Å². The van der Waals surface area contributed by atoms with Gasteiger partial charge in [0.15, 0.2) is 5.81 Å². The molecule has 1 aliphatic rings. The zero-order chi connectivity index (χ0) is 23.8. The van der Waals surface area contributed by atoms with Crippen molar-refractivity contribution in [2.24, 2.45) is 11.8 Å². The van der Waals surface area contributed by atoms with Gasteiger partial charge >= 0.3 is 0 Å². The first-order valence-corrected chi connectivity index (χ1v) is 13.0. The first kappa shape index (κ1) is 25.6. The number of aliphatic hydroxyl groups is 1. The number of aliphatic hydroxyl groups excluding tert-OH is 1. The van der Waals surface area contributed by atoms with Crippen molar-refractivity contribution in [3.63, 3.8) is 0 Å². The Labute approximate surface area is 204 Å². The molecule has 5 nitrogen and oxygen atoms in total. The fourth-order valence-corrected chi connectivity index (χ4v) is 5.92. The zero-order valence-electron chi connectivity index (χ0n) is 19.6. The molecule has 3 rings (SSSR count). The molecule has 178 valence electrons. The molecule has 7 heteroatoms. The number of nitrogens with one attached hydrogen (secondary N) is 2. The van der Waals surface area contributed by atoms with Crippen LogP contribution in [0.4, 0.5) is 4.79 Å². The number of hydrogen-bond acceptors (Lipinski definition) is 4. The summed E-state index contributed by atoms with van der Waals surface area (Å²) in [6.45, 7) is 4.22. The number of hydrogen-bond donors (Lipinski definition) is 3. The molecule has 0 bridgehead atoms. The summed E-state index contributed by atoms with van der Waals surface area (Å²) in [5, 5.41) is 18.7. The van der Waals surface area contributed by atoms with Gasteiger partial charge in [-0.25, -0.2) is 0 Å². The maximum absolute atomic E-state index is 13.1. The summed E-state index contributed by atoms with van der Waals surface area (Å²) in [5.74, 6) is 0.376. The molecule has 0 aliphatic heterocycles. The van der Waals surface area contributed by atoms with Crippen molar-refractivity contribution in [3.8, 4) is 0 Å². The Morgan fingerprint density at radius 1 is 1.15 bits per heavy atom. The minimum atomic E-state index is -0.790. The molecule has 1 fully saturated rings. The highest BCUT2D eigenvalue weighted by molar-refractivity contribution is 7.99. The summed E-state index contributed by atoms with van der Waals surface area (Å²) < 4.78 is 0. The average molecular weight is 468 g/mol. The largest absolute Gasteiger partial charge is 0.391 e. The van der Waals surface area contributed by atoms with Crippen LogP contribution in [0.2, 0.25) is 0 Å². The normalized spacial score (nSPS) is 21.2. The Bertz CT molecular complexity index is 942. The van der Waals surface area contributed by atoms with E-state index in [1.165, 1.54) is 31.0 Å². The molecule has 1 aliphatic carbocycles. The minimum Gasteiger partial charge on any atom is -0.391 e. The maximum atomic E-state index is 13.1. The first-order chi connectivity index (χ1) is 15.9. The fourth-order valence-electron chi connectivity index (χ4n) is 4.82. The minimum absolute atomic E-state index is 0. The lowest BCUT2D eigenvalue weighted by atomic mass is 9.76. The molecule has 1 saturated carbocycles. The van der Waals surface area contributed by atoms with E-state index in [-0.39, 0.29) is 13.4 Å². The Morgan fingerprint density at radius 2 is 1.88 bits per heavy atom. The quantitative estimate of drug-likeness (QED) is 0.343. The summed E-state index contributed by atoms with van der Waals surface area (Å²) in [4.78, 5) is 25.7. The van der Waals surface area contributed by atoms with Gasteiger partial charge in [-0.2, -0.15) is 0 Å². The summed E-state index contributed by atoms with van der Waals surface area (Å²) in [7, 11) is 5.36. The molecule has 33 heavy (non-hydrogen) atoms. The van der Waals surface area contributed by atoms with Crippen molar-refractivity contribution in [3.05, 3.63) is 42.5 Å². The number of amides is 2. The van der Waals surface area contributed by atoms with Crippen molar-refractivity contribution in [2.75, 3.05) is 5.75 Å². The molecule has 2 radical (unpaired) electrons. The van der Waals surface area contributed by atoms with Gasteiger partial charge in [0.1, 0.15) is 6.04 Å². The topological polar surface area (TPSA) is 78.4 Å². The van der Waals surface area contributed by atoms with Gasteiger partial charge in [0.2, 0.25) is 13.8 Å². The van der Waals surface area contributed by atoms with Gasteiger partial charge in [-0.15, -0.1) is 11.8 Å². The summed E-state index contributed by atoms with van der Waals surface area (Å²) in [6, 6.07) is 13.0. The van der Waals surface area contributed by atoms with Gasteiger partial charge < -0.3 is 15.7 Å². The van der Waals surface area contributed by atoms with Crippen molar-refractivity contribution < 1.29 is 16.1 Å². The third-order valence-electron chi connectivity index (χ3n) is 6.85. The van der Waals surface area contributed by atoms with Gasteiger partial charge in [-0.05, 0) is 41.5 Å². The number of fused-ring (bicyclic) bond motifs is 1. The van der Waals surface area contributed by atoms with E-state index in [1.54, 1.807) is 0 Å². The highest BCUT2D eigenvalue weighted by Gasteiger charge is 2.29. The van der Waals surface area contributed by atoms with Crippen molar-refractivity contribution in [1.82, 2.24) is 10.6 Å². The Hall–Kier alpha value is -1.99. The highest BCUT2D eigenvalue weighted by atomic mass is 32.2. The predicted octanol–water partition coefficient (Wildman–Crippen LogP) is 4.90. The lowest BCUT2D eigenvalue weighted by Crippen LogP contribution is -2.53. The lowest BCUT2D eigenvalue weighted by Gasteiger charge is -2.33. The van der Waals surface area contributed by atoms with Crippen LogP contribution in [0.3, 0.4) is 0 Å². The van der Waals surface area contributed by atoms with Crippen LogP contribution in [-0.2, 0) is 4.79 Å². The average Bonchev–Trinajstić information content (AvgIpc) is 2.81. The van der Waals surface area contributed by atoms with E-state index in [4.69, 9.17) is 7.85 Å². The molecule has 0 spiro atoms. The van der Waals surface area contributed by atoms with E-state index >= 15 is 0 Å². The van der Waals surface area contributed by atoms with Crippen LogP contribution in [0.1, 0.15) is 53.8 Å². The summed E-state index contributed by atoms with van der Waals surface area (Å²) in [5.41, 5.74) is 0. The molecular formula is C26H37BN2O3S. The fraction of sp³-hybridized carbons (Fsp3) is 0.538. The third kappa shape index (κ3) is 7.25. The molecule has 2 amide bonds. The number of thioether (sulfide) groups is 1. The second kappa shape index (κ2) is 12.5. The van der Waals surface area contributed by atoms with Gasteiger partial charge in [-0.1, -0.05) is 75.9 Å². The number of carbonyl (C=O) groups is 2. The van der Waals surface area contributed by atoms with Gasteiger partial charge in [0.05, 0.1) is 12.1 Å². The standard InChI is InChI=1S/C26H35BN2O3S.H2/c1-3-21(23(30)15-19-11-5-4-9-17(19)2)28-25(31)22(29-26(27)32)16-33-24-14-8-12-18-10-6-7-13-20(18)24;/h6-8,10,12-14,17,19,21-23,30H,3-5,9,11,15-16H2,1-2H3,(H,28,31)(H,29,32);1H/t17?,19?,21-,22+,23+;/m0./s1. The number of benzene rings is 2. The maximum Gasteiger partial charge on any atom is 0.243 e. The molecule has 3 N–H and O–H groups in total. The van der Waals surface area contributed by atoms with Crippen LogP contribution in [0.15, 0.2) is 47.4 Å². The van der Waals surface area contributed by atoms with E-state index in [0.717, 1.165) is 22.1 Å². The van der Waals surface area contributed by atoms with E-state index in [2.05, 4.69) is 17.6 Å². The molecule has 0 aromatic heterocycles. The highest BCUT2D eigenvalue weighted by Crippen LogP contribution is 2.33. The van der Waals surface area contributed by atoms with Crippen LogP contribution in [0, 0.1) is 11.8 Å². The van der Waals surface area contributed by atoms with Crippen LogP contribution >= 0.6 is 11.8 Å². The van der Waals surface area contributed by atoms with Crippen LogP contribution in [0.5, 0.6) is 0 Å². The molecular weight excluding hydrogens is 431 g/mol. The first-order valence-electron chi connectivity index (χ1n) is 12.0. The Morgan fingerprint density at radius 3 is 2.61 bits per heavy atom. The summed E-state index contributed by atoms with van der Waals surface area (Å²) in [6.07, 6.45) is 5.51. The van der Waals surface area contributed by atoms with E-state index in [0.29, 0.717) is 30.4 Å². The Balaban J connectivity index is 0.00000408. The summed E-state index contributed by atoms with van der Waals surface area (Å²) >= 11 is 1.51. The van der Waals surface area contributed by atoms with Crippen LogP contribution in [0.25, 0.3) is 10.8 Å². The molecule has 2 unspecified atom stereocenters. The molecule has 2 aromatic rings. The monoisotopic (exact) mass is 468 g/mol. The Kier molecular flexibility index (Phi) is 9.69. The van der Waals surface area contributed by atoms with Crippen molar-refractivity contribution >= 4 is 42.1 Å². The van der Waals surface area contributed by atoms with E-state index < -0.39 is 18.0 Å². The van der Waals surface area contributed by atoms with Gasteiger partial charge in [-0.3, -0.25) is 9.59 Å². The lowest BCUT2D eigenvalue weighted by molar-refractivity contribution is -0.124. The molecule has 2 aromatic carbocycles. The second-order valence-corrected chi connectivity index (χ2v) is 10.3. The van der Waals surface area contributed by atoms with E-state index in [1.807, 2.05) is 49.4 Å². The second-order valence-electron chi connectivity index (χ2n) is 9.20. The number of rotatable bonds is 10. The van der Waals surface area contributed by atoms with Crippen molar-refractivity contribution in [1.29, 1.82) is 0 Å².